The Kier molecular flexibility index (Phi) is 15.3. The Bertz CT molecular complexity index is 1400. The Labute approximate surface area is 309 Å². The Hall–Kier alpha value is -4.48. The predicted molar refractivity (Wildman–Crippen MR) is 225 cm³/mol. The van der Waals surface area contributed by atoms with Gasteiger partial charge in [0.2, 0.25) is 0 Å². The zero-order valence-corrected chi connectivity index (χ0v) is 32.8. The number of hydrogen-bond acceptors (Lipinski definition) is 5. The SMILES string of the molecule is CCN(CC)c1ccc(C(=CC(C=C(c2ccc(N(CC)CC)cc2)c2ccc(N(CC)CC)cc2)OC)c2ccc(N(CC)CC)cc2)cc1. The fourth-order valence-electron chi connectivity index (χ4n) is 6.99. The van der Waals surface area contributed by atoms with Crippen molar-refractivity contribution in [1.29, 1.82) is 0 Å². The van der Waals surface area contributed by atoms with Gasteiger partial charge in [0.15, 0.2) is 0 Å². The molecule has 0 aliphatic rings. The van der Waals surface area contributed by atoms with Gasteiger partial charge in [-0.1, -0.05) is 48.5 Å². The summed E-state index contributed by atoms with van der Waals surface area (Å²) < 4.78 is 6.30. The molecule has 0 N–H and O–H groups in total. The van der Waals surface area contributed by atoms with Crippen molar-refractivity contribution in [2.24, 2.45) is 0 Å². The fourth-order valence-corrected chi connectivity index (χ4v) is 6.99. The van der Waals surface area contributed by atoms with E-state index in [1.54, 1.807) is 0 Å². The molecule has 0 radical (unpaired) electrons. The highest BCUT2D eigenvalue weighted by Gasteiger charge is 2.15. The van der Waals surface area contributed by atoms with Gasteiger partial charge in [-0.25, -0.2) is 0 Å². The lowest BCUT2D eigenvalue weighted by molar-refractivity contribution is 0.178. The molecule has 0 fully saturated rings. The number of nitrogens with zero attached hydrogens (tertiary/aromatic N) is 4. The van der Waals surface area contributed by atoms with E-state index in [1.165, 1.54) is 45.0 Å². The second-order valence-corrected chi connectivity index (χ2v) is 12.7. The van der Waals surface area contributed by atoms with E-state index in [0.29, 0.717) is 0 Å². The van der Waals surface area contributed by atoms with Crippen molar-refractivity contribution in [3.05, 3.63) is 131 Å². The maximum absolute atomic E-state index is 6.30. The van der Waals surface area contributed by atoms with Crippen molar-refractivity contribution in [1.82, 2.24) is 0 Å². The van der Waals surface area contributed by atoms with Crippen molar-refractivity contribution in [2.45, 2.75) is 61.5 Å². The minimum absolute atomic E-state index is 0.273. The van der Waals surface area contributed by atoms with Crippen LogP contribution in [0.3, 0.4) is 0 Å². The molecule has 5 nitrogen and oxygen atoms in total. The highest BCUT2D eigenvalue weighted by Crippen LogP contribution is 2.32. The molecule has 51 heavy (non-hydrogen) atoms. The van der Waals surface area contributed by atoms with Crippen LogP contribution in [0.2, 0.25) is 0 Å². The van der Waals surface area contributed by atoms with Crippen LogP contribution >= 0.6 is 0 Å². The van der Waals surface area contributed by atoms with E-state index >= 15 is 0 Å². The smallest absolute Gasteiger partial charge is 0.0952 e. The molecule has 0 aromatic heterocycles. The number of hydrogen-bond donors (Lipinski definition) is 0. The van der Waals surface area contributed by atoms with E-state index in [0.717, 1.165) is 63.5 Å². The minimum Gasteiger partial charge on any atom is -0.373 e. The quantitative estimate of drug-likeness (QED) is 0.0976. The van der Waals surface area contributed by atoms with Crippen molar-refractivity contribution in [3.63, 3.8) is 0 Å². The van der Waals surface area contributed by atoms with Gasteiger partial charge in [0, 0.05) is 82.2 Å². The zero-order chi connectivity index (χ0) is 36.8. The van der Waals surface area contributed by atoms with Crippen LogP contribution in [0.25, 0.3) is 11.1 Å². The van der Waals surface area contributed by atoms with Crippen molar-refractivity contribution in [3.8, 4) is 0 Å². The van der Waals surface area contributed by atoms with Gasteiger partial charge in [0.05, 0.1) is 6.10 Å². The monoisotopic (exact) mass is 686 g/mol. The molecule has 4 aromatic carbocycles. The standard InChI is InChI=1S/C46H62N4O/c1-10-47(11-2)40-26-18-36(19-27-40)45(37-20-28-41(29-21-37)48(12-3)13-4)34-44(51-9)35-46(38-22-30-42(31-23-38)49(14-5)15-6)39-24-32-43(33-25-39)50(16-7)17-8/h18-35,44H,10-17H2,1-9H3. The lowest BCUT2D eigenvalue weighted by Crippen LogP contribution is -2.21. The maximum atomic E-state index is 6.30. The molecule has 0 atom stereocenters. The van der Waals surface area contributed by atoms with E-state index in [9.17, 15) is 0 Å². The molecular weight excluding hydrogens is 625 g/mol. The Morgan fingerprint density at radius 2 is 0.588 bits per heavy atom. The number of methoxy groups -OCH3 is 1. The van der Waals surface area contributed by atoms with Gasteiger partial charge in [-0.2, -0.15) is 0 Å². The minimum atomic E-state index is -0.273. The summed E-state index contributed by atoms with van der Waals surface area (Å²) in [5.41, 5.74) is 12.0. The molecule has 5 heteroatoms. The van der Waals surface area contributed by atoms with E-state index in [-0.39, 0.29) is 6.10 Å². The first kappa shape index (κ1) is 39.3. The average Bonchev–Trinajstić information content (AvgIpc) is 3.18. The van der Waals surface area contributed by atoms with Gasteiger partial charge in [0.1, 0.15) is 0 Å². The molecule has 0 bridgehead atoms. The van der Waals surface area contributed by atoms with E-state index < -0.39 is 0 Å². The second kappa shape index (κ2) is 19.8. The molecule has 0 unspecified atom stereocenters. The molecule has 0 aliphatic carbocycles. The van der Waals surface area contributed by atoms with E-state index in [1.807, 2.05) is 7.11 Å². The Morgan fingerprint density at radius 1 is 0.392 bits per heavy atom. The highest BCUT2D eigenvalue weighted by atomic mass is 16.5. The van der Waals surface area contributed by atoms with Crippen LogP contribution in [0.1, 0.15) is 77.6 Å². The molecule has 0 heterocycles. The summed E-state index contributed by atoms with van der Waals surface area (Å²) in [4.78, 5) is 9.54. The van der Waals surface area contributed by atoms with Gasteiger partial charge in [-0.3, -0.25) is 0 Å². The molecule has 0 spiro atoms. The summed E-state index contributed by atoms with van der Waals surface area (Å²) in [6, 6.07) is 36.0. The normalized spacial score (nSPS) is 10.9. The number of benzene rings is 4. The van der Waals surface area contributed by atoms with Crippen LogP contribution in [0.15, 0.2) is 109 Å². The molecular formula is C46H62N4O. The summed E-state index contributed by atoms with van der Waals surface area (Å²) >= 11 is 0. The molecule has 0 aliphatic heterocycles. The summed E-state index contributed by atoms with van der Waals surface area (Å²) in [6.45, 7) is 25.5. The Balaban J connectivity index is 1.86. The first-order valence-corrected chi connectivity index (χ1v) is 19.3. The van der Waals surface area contributed by atoms with Crippen LogP contribution in [-0.4, -0.2) is 65.6 Å². The van der Waals surface area contributed by atoms with E-state index in [2.05, 4.69) is 184 Å². The Morgan fingerprint density at radius 3 is 0.745 bits per heavy atom. The second-order valence-electron chi connectivity index (χ2n) is 12.7. The maximum Gasteiger partial charge on any atom is 0.0952 e. The van der Waals surface area contributed by atoms with Crippen LogP contribution in [0.4, 0.5) is 22.7 Å². The molecule has 4 aromatic rings. The highest BCUT2D eigenvalue weighted by molar-refractivity contribution is 5.84. The topological polar surface area (TPSA) is 22.2 Å². The van der Waals surface area contributed by atoms with Gasteiger partial charge in [0.25, 0.3) is 0 Å². The third kappa shape index (κ3) is 9.86. The summed E-state index contributed by atoms with van der Waals surface area (Å²) in [6.07, 6.45) is 4.30. The largest absolute Gasteiger partial charge is 0.373 e. The molecule has 272 valence electrons. The summed E-state index contributed by atoms with van der Waals surface area (Å²) in [5, 5.41) is 0. The van der Waals surface area contributed by atoms with Gasteiger partial charge in [-0.15, -0.1) is 0 Å². The van der Waals surface area contributed by atoms with Gasteiger partial charge in [-0.05, 0) is 149 Å². The van der Waals surface area contributed by atoms with Gasteiger partial charge < -0.3 is 24.3 Å². The third-order valence-corrected chi connectivity index (χ3v) is 10.2. The molecule has 0 saturated heterocycles. The summed E-state index contributed by atoms with van der Waals surface area (Å²) in [5.74, 6) is 0. The van der Waals surface area contributed by atoms with Gasteiger partial charge >= 0.3 is 0 Å². The van der Waals surface area contributed by atoms with Crippen LogP contribution in [-0.2, 0) is 4.74 Å². The van der Waals surface area contributed by atoms with Crippen molar-refractivity contribution >= 4 is 33.9 Å². The zero-order valence-electron chi connectivity index (χ0n) is 32.8. The molecule has 4 rings (SSSR count). The summed E-state index contributed by atoms with van der Waals surface area (Å²) in [7, 11) is 1.81. The van der Waals surface area contributed by atoms with E-state index in [4.69, 9.17) is 4.74 Å². The third-order valence-electron chi connectivity index (χ3n) is 10.2. The lowest BCUT2D eigenvalue weighted by Gasteiger charge is -2.23. The number of ether oxygens (including phenoxy) is 1. The average molecular weight is 687 g/mol. The molecule has 0 amide bonds. The van der Waals surface area contributed by atoms with Crippen LogP contribution in [0, 0.1) is 0 Å². The fraction of sp³-hybridized carbons (Fsp3) is 0.391. The predicted octanol–water partition coefficient (Wildman–Crippen LogP) is 10.6. The lowest BCUT2D eigenvalue weighted by atomic mass is 9.92. The first-order valence-electron chi connectivity index (χ1n) is 19.3. The number of rotatable bonds is 19. The van der Waals surface area contributed by atoms with Crippen LogP contribution < -0.4 is 19.6 Å². The molecule has 0 saturated carbocycles. The first-order chi connectivity index (χ1) is 24.9. The number of anilines is 4. The van der Waals surface area contributed by atoms with Crippen molar-refractivity contribution in [2.75, 3.05) is 79.1 Å². The van der Waals surface area contributed by atoms with Crippen LogP contribution in [0.5, 0.6) is 0 Å². The van der Waals surface area contributed by atoms with Crippen molar-refractivity contribution < 1.29 is 4.74 Å².